The third-order valence-corrected chi connectivity index (χ3v) is 3.23. The lowest BCUT2D eigenvalue weighted by Crippen LogP contribution is -2.35. The molecule has 0 heterocycles. The van der Waals surface area contributed by atoms with Gasteiger partial charge in [0.25, 0.3) is 0 Å². The van der Waals surface area contributed by atoms with Crippen LogP contribution in [-0.2, 0) is 11.3 Å². The Morgan fingerprint density at radius 3 is 2.63 bits per heavy atom. The van der Waals surface area contributed by atoms with Gasteiger partial charge in [0, 0.05) is 12.1 Å². The van der Waals surface area contributed by atoms with Gasteiger partial charge in [0.1, 0.15) is 5.75 Å². The molecule has 0 fully saturated rings. The second-order valence-corrected chi connectivity index (χ2v) is 5.07. The predicted molar refractivity (Wildman–Crippen MR) is 75.0 cm³/mol. The van der Waals surface area contributed by atoms with E-state index >= 15 is 0 Å². The summed E-state index contributed by atoms with van der Waals surface area (Å²) >= 11 is 0. The zero-order valence-corrected chi connectivity index (χ0v) is 12.1. The summed E-state index contributed by atoms with van der Waals surface area (Å²) in [7, 11) is 1.61. The van der Waals surface area contributed by atoms with Crippen LogP contribution in [0.1, 0.15) is 25.0 Å². The average Bonchev–Trinajstić information content (AvgIpc) is 2.37. The number of benzene rings is 1. The van der Waals surface area contributed by atoms with Crippen LogP contribution >= 0.6 is 0 Å². The van der Waals surface area contributed by atoms with Crippen molar-refractivity contribution >= 4 is 5.91 Å². The number of methoxy groups -OCH3 is 1. The number of hydrogen-bond donors (Lipinski definition) is 2. The van der Waals surface area contributed by atoms with E-state index in [0.717, 1.165) is 16.9 Å². The second-order valence-electron chi connectivity index (χ2n) is 5.07. The number of aliphatic hydroxyl groups is 1. The molecule has 0 spiro atoms. The summed E-state index contributed by atoms with van der Waals surface area (Å²) in [6.45, 7) is 6.12. The van der Waals surface area contributed by atoms with Crippen LogP contribution in [0.15, 0.2) is 18.2 Å². The van der Waals surface area contributed by atoms with Crippen LogP contribution in [0.25, 0.3) is 0 Å². The van der Waals surface area contributed by atoms with Crippen LogP contribution < -0.4 is 10.1 Å². The molecule has 1 amide bonds. The lowest BCUT2D eigenvalue weighted by Gasteiger charge is -2.18. The Bertz CT molecular complexity index is 429. The van der Waals surface area contributed by atoms with Gasteiger partial charge in [-0.1, -0.05) is 31.5 Å². The van der Waals surface area contributed by atoms with Crippen molar-refractivity contribution in [2.24, 2.45) is 11.8 Å². The molecule has 0 saturated heterocycles. The Hall–Kier alpha value is -1.55. The first-order valence-electron chi connectivity index (χ1n) is 6.51. The van der Waals surface area contributed by atoms with Gasteiger partial charge in [0.2, 0.25) is 5.91 Å². The van der Waals surface area contributed by atoms with Gasteiger partial charge in [-0.05, 0) is 18.9 Å². The lowest BCUT2D eigenvalue weighted by molar-refractivity contribution is -0.127. The maximum Gasteiger partial charge on any atom is 0.225 e. The Balaban J connectivity index is 2.71. The minimum absolute atomic E-state index is 0.115. The molecule has 1 unspecified atom stereocenters. The maximum absolute atomic E-state index is 12.0. The number of carbonyl (C=O) groups excluding carboxylic acids is 1. The summed E-state index contributed by atoms with van der Waals surface area (Å²) in [5, 5.41) is 12.1. The van der Waals surface area contributed by atoms with Crippen molar-refractivity contribution in [3.05, 3.63) is 29.3 Å². The third kappa shape index (κ3) is 4.24. The van der Waals surface area contributed by atoms with E-state index in [1.54, 1.807) is 7.11 Å². The molecular formula is C15H23NO3. The van der Waals surface area contributed by atoms with Gasteiger partial charge >= 0.3 is 0 Å². The highest BCUT2D eigenvalue weighted by molar-refractivity contribution is 5.79. The zero-order chi connectivity index (χ0) is 14.4. The van der Waals surface area contributed by atoms with Crippen molar-refractivity contribution in [3.8, 4) is 5.75 Å². The average molecular weight is 265 g/mol. The van der Waals surface area contributed by atoms with Crippen LogP contribution in [-0.4, -0.2) is 24.7 Å². The Morgan fingerprint density at radius 2 is 2.11 bits per heavy atom. The molecule has 4 heteroatoms. The van der Waals surface area contributed by atoms with E-state index in [1.165, 1.54) is 0 Å². The highest BCUT2D eigenvalue weighted by Gasteiger charge is 2.21. The van der Waals surface area contributed by atoms with E-state index in [-0.39, 0.29) is 24.3 Å². The summed E-state index contributed by atoms with van der Waals surface area (Å²) in [5.74, 6) is 0.386. The molecule has 0 aliphatic carbocycles. The summed E-state index contributed by atoms with van der Waals surface area (Å²) in [4.78, 5) is 12.0. The van der Waals surface area contributed by atoms with Crippen LogP contribution in [0.5, 0.6) is 5.75 Å². The van der Waals surface area contributed by atoms with E-state index in [0.29, 0.717) is 6.54 Å². The Labute approximate surface area is 114 Å². The normalized spacial score (nSPS) is 12.3. The fourth-order valence-corrected chi connectivity index (χ4v) is 1.96. The largest absolute Gasteiger partial charge is 0.496 e. The van der Waals surface area contributed by atoms with Crippen LogP contribution in [0.4, 0.5) is 0 Å². The minimum atomic E-state index is -0.365. The van der Waals surface area contributed by atoms with Crippen LogP contribution in [0.2, 0.25) is 0 Å². The van der Waals surface area contributed by atoms with Crippen molar-refractivity contribution in [3.63, 3.8) is 0 Å². The number of aryl methyl sites for hydroxylation is 1. The molecule has 1 rings (SSSR count). The molecular weight excluding hydrogens is 242 g/mol. The lowest BCUT2D eigenvalue weighted by atomic mass is 9.96. The summed E-state index contributed by atoms with van der Waals surface area (Å²) in [6.07, 6.45) is 0. The molecule has 0 aliphatic heterocycles. The van der Waals surface area contributed by atoms with E-state index in [9.17, 15) is 9.90 Å². The first-order chi connectivity index (χ1) is 8.99. The molecule has 4 nitrogen and oxygen atoms in total. The topological polar surface area (TPSA) is 58.6 Å². The van der Waals surface area contributed by atoms with Crippen molar-refractivity contribution in [1.29, 1.82) is 0 Å². The maximum atomic E-state index is 12.0. The number of carbonyl (C=O) groups is 1. The first kappa shape index (κ1) is 15.5. The highest BCUT2D eigenvalue weighted by atomic mass is 16.5. The molecule has 0 saturated carbocycles. The van der Waals surface area contributed by atoms with Crippen LogP contribution in [0.3, 0.4) is 0 Å². The molecule has 0 aliphatic rings. The van der Waals surface area contributed by atoms with E-state index in [1.807, 2.05) is 39.0 Å². The van der Waals surface area contributed by atoms with Crippen molar-refractivity contribution in [1.82, 2.24) is 5.32 Å². The Kier molecular flexibility index (Phi) is 5.83. The quantitative estimate of drug-likeness (QED) is 0.825. The minimum Gasteiger partial charge on any atom is -0.496 e. The number of hydrogen-bond acceptors (Lipinski definition) is 3. The molecule has 0 bridgehead atoms. The molecule has 19 heavy (non-hydrogen) atoms. The molecule has 0 radical (unpaired) electrons. The molecule has 0 aromatic heterocycles. The summed E-state index contributed by atoms with van der Waals surface area (Å²) in [6, 6.07) is 5.85. The van der Waals surface area contributed by atoms with Gasteiger partial charge in [-0.25, -0.2) is 0 Å². The van der Waals surface area contributed by atoms with Crippen molar-refractivity contribution in [2.75, 3.05) is 13.7 Å². The van der Waals surface area contributed by atoms with Gasteiger partial charge < -0.3 is 15.2 Å². The summed E-state index contributed by atoms with van der Waals surface area (Å²) < 4.78 is 5.27. The highest BCUT2D eigenvalue weighted by Crippen LogP contribution is 2.19. The number of nitrogens with one attached hydrogen (secondary N) is 1. The number of aliphatic hydroxyl groups excluding tert-OH is 1. The molecule has 106 valence electrons. The number of amides is 1. The fourth-order valence-electron chi connectivity index (χ4n) is 1.96. The molecule has 1 atom stereocenters. The first-order valence-corrected chi connectivity index (χ1v) is 6.51. The summed E-state index contributed by atoms with van der Waals surface area (Å²) in [5.41, 5.74) is 2.06. The zero-order valence-electron chi connectivity index (χ0n) is 12.1. The predicted octanol–water partition coefficient (Wildman–Crippen LogP) is 1.88. The van der Waals surface area contributed by atoms with E-state index < -0.39 is 0 Å². The van der Waals surface area contributed by atoms with Gasteiger partial charge in [0.15, 0.2) is 0 Å². The Morgan fingerprint density at radius 1 is 1.42 bits per heavy atom. The standard InChI is InChI=1S/C15H23NO3/c1-10(2)13(9-17)15(18)16-8-12-7-11(3)5-6-14(12)19-4/h5-7,10,13,17H,8-9H2,1-4H3,(H,16,18). The van der Waals surface area contributed by atoms with Gasteiger partial charge in [-0.3, -0.25) is 4.79 Å². The SMILES string of the molecule is COc1ccc(C)cc1CNC(=O)C(CO)C(C)C. The molecule has 1 aromatic carbocycles. The molecule has 2 N–H and O–H groups in total. The van der Waals surface area contributed by atoms with Gasteiger partial charge in [-0.2, -0.15) is 0 Å². The van der Waals surface area contributed by atoms with Crippen molar-refractivity contribution < 1.29 is 14.6 Å². The number of ether oxygens (including phenoxy) is 1. The second kappa shape index (κ2) is 7.14. The monoisotopic (exact) mass is 265 g/mol. The van der Waals surface area contributed by atoms with Crippen molar-refractivity contribution in [2.45, 2.75) is 27.3 Å². The molecule has 1 aromatic rings. The van der Waals surface area contributed by atoms with Crippen LogP contribution in [0, 0.1) is 18.8 Å². The van der Waals surface area contributed by atoms with E-state index in [2.05, 4.69) is 5.32 Å². The third-order valence-electron chi connectivity index (χ3n) is 3.23. The van der Waals surface area contributed by atoms with E-state index in [4.69, 9.17) is 4.74 Å². The fraction of sp³-hybridized carbons (Fsp3) is 0.533. The number of rotatable bonds is 6. The smallest absolute Gasteiger partial charge is 0.225 e. The van der Waals surface area contributed by atoms with Gasteiger partial charge in [0.05, 0.1) is 19.6 Å². The van der Waals surface area contributed by atoms with Gasteiger partial charge in [-0.15, -0.1) is 0 Å².